The number of carbonyl (C=O) groups is 1. The normalized spacial score (nSPS) is 13.6. The highest BCUT2D eigenvalue weighted by Crippen LogP contribution is 2.43. The van der Waals surface area contributed by atoms with Gasteiger partial charge in [-0.15, -0.1) is 16.3 Å². The molecule has 0 spiro atoms. The van der Waals surface area contributed by atoms with Crippen LogP contribution < -0.4 is 20.9 Å². The van der Waals surface area contributed by atoms with E-state index in [2.05, 4.69) is 10.6 Å². The third-order valence-corrected chi connectivity index (χ3v) is 8.26. The Bertz CT molecular complexity index is 1980. The molecule has 3 aromatic heterocycles. The molecule has 1 aliphatic rings. The number of pyridine rings is 1. The van der Waals surface area contributed by atoms with Crippen molar-refractivity contribution in [2.24, 2.45) is 0 Å². The monoisotopic (exact) mass is 585 g/mol. The Balaban J connectivity index is 1.34. The number of anilines is 2. The van der Waals surface area contributed by atoms with Gasteiger partial charge in [-0.05, 0) is 34.5 Å². The number of nitrogen functional groups attached to an aromatic ring is 1. The Morgan fingerprint density at radius 3 is 2.64 bits per heavy atom. The van der Waals surface area contributed by atoms with Crippen LogP contribution in [-0.2, 0) is 4.74 Å². The summed E-state index contributed by atoms with van der Waals surface area (Å²) < 4.78 is 39.7. The second kappa shape index (κ2) is 10.5. The van der Waals surface area contributed by atoms with Gasteiger partial charge in [0, 0.05) is 22.6 Å². The molecule has 1 fully saturated rings. The van der Waals surface area contributed by atoms with E-state index >= 15 is 4.39 Å². The quantitative estimate of drug-likeness (QED) is 0.270. The summed E-state index contributed by atoms with van der Waals surface area (Å²) in [4.78, 5) is 20.4. The van der Waals surface area contributed by atoms with E-state index in [-0.39, 0.29) is 22.0 Å². The van der Waals surface area contributed by atoms with E-state index in [4.69, 9.17) is 20.0 Å². The van der Waals surface area contributed by atoms with Crippen LogP contribution >= 0.6 is 11.3 Å². The number of nitrogens with two attached hydrogens (primary N) is 1. The van der Waals surface area contributed by atoms with Crippen LogP contribution in [0.4, 0.5) is 20.4 Å². The number of thiophene rings is 1. The third-order valence-electron chi connectivity index (χ3n) is 7.16. The van der Waals surface area contributed by atoms with Crippen molar-refractivity contribution in [3.8, 4) is 22.4 Å². The molecule has 0 aliphatic carbocycles. The number of rotatable bonds is 5. The fraction of sp³-hybridized carbons (Fsp3) is 0.133. The van der Waals surface area contributed by atoms with Gasteiger partial charge >= 0.3 is 5.88 Å². The van der Waals surface area contributed by atoms with Crippen molar-refractivity contribution < 1.29 is 27.6 Å². The van der Waals surface area contributed by atoms with Crippen molar-refractivity contribution in [3.05, 3.63) is 89.4 Å². The Morgan fingerprint density at radius 2 is 1.81 bits per heavy atom. The number of amides is 1. The maximum absolute atomic E-state index is 15.2. The lowest BCUT2D eigenvalue weighted by Crippen LogP contribution is -2.62. The smallest absolute Gasteiger partial charge is 0.306 e. The summed E-state index contributed by atoms with van der Waals surface area (Å²) in [6.07, 6.45) is 1.56. The Labute approximate surface area is 241 Å². The minimum Gasteiger partial charge on any atom is -0.397 e. The highest BCUT2D eigenvalue weighted by atomic mass is 32.1. The van der Waals surface area contributed by atoms with Crippen LogP contribution in [0.25, 0.3) is 43.4 Å². The van der Waals surface area contributed by atoms with Crippen molar-refractivity contribution in [2.75, 3.05) is 42.4 Å². The molecule has 1 amide bonds. The molecule has 4 heterocycles. The number of hydrogen-bond donors (Lipinski definition) is 2. The van der Waals surface area contributed by atoms with Crippen LogP contribution in [-0.4, -0.2) is 42.5 Å². The molecule has 1 aliphatic heterocycles. The lowest BCUT2D eigenvalue weighted by molar-refractivity contribution is -0.759. The Hall–Kier alpha value is -4.94. The molecular weight excluding hydrogens is 562 g/mol. The number of aromatic nitrogens is 3. The standard InChI is InChI=1S/C30H22F2N6O3S/c31-18-8-9-20(23(32)14-18)22-15-24(21-7-3-5-17-4-1-2-6-19(17)21)34-30-26(22)27(33)28(42-30)29(39)35-25-16-38(36-41-25)37-10-12-40-13-11-37/h1-9,14-16H,10-13H2,(H2-,33,35,36,39)/p+1. The predicted octanol–water partition coefficient (Wildman–Crippen LogP) is 5.14. The summed E-state index contributed by atoms with van der Waals surface area (Å²) in [5, 5.41) is 11.0. The van der Waals surface area contributed by atoms with E-state index in [1.807, 2.05) is 47.5 Å². The third kappa shape index (κ3) is 4.60. The molecule has 3 N–H and O–H groups in total. The minimum absolute atomic E-state index is 0.123. The molecule has 0 bridgehead atoms. The van der Waals surface area contributed by atoms with Gasteiger partial charge in [-0.2, -0.15) is 0 Å². The lowest BCUT2D eigenvalue weighted by Gasteiger charge is -2.18. The van der Waals surface area contributed by atoms with Gasteiger partial charge in [0.15, 0.2) is 0 Å². The number of fused-ring (bicyclic) bond motifs is 2. The summed E-state index contributed by atoms with van der Waals surface area (Å²) in [5.41, 5.74) is 8.61. The van der Waals surface area contributed by atoms with Crippen LogP contribution in [0.1, 0.15) is 9.67 Å². The maximum Gasteiger partial charge on any atom is 0.306 e. The van der Waals surface area contributed by atoms with Crippen molar-refractivity contribution in [1.29, 1.82) is 0 Å². The van der Waals surface area contributed by atoms with Gasteiger partial charge < -0.3 is 10.5 Å². The summed E-state index contributed by atoms with van der Waals surface area (Å²) in [5.74, 6) is -1.86. The predicted molar refractivity (Wildman–Crippen MR) is 156 cm³/mol. The molecule has 0 atom stereocenters. The summed E-state index contributed by atoms with van der Waals surface area (Å²) in [6, 6.07) is 18.8. The molecule has 0 radical (unpaired) electrons. The number of carbonyl (C=O) groups excluding carboxylic acids is 1. The van der Waals surface area contributed by atoms with E-state index in [1.54, 1.807) is 12.3 Å². The molecule has 42 heavy (non-hydrogen) atoms. The van der Waals surface area contributed by atoms with Crippen molar-refractivity contribution >= 4 is 49.8 Å². The molecule has 6 aromatic rings. The highest BCUT2D eigenvalue weighted by molar-refractivity contribution is 7.21. The molecule has 0 saturated carbocycles. The Morgan fingerprint density at radius 1 is 1.00 bits per heavy atom. The summed E-state index contributed by atoms with van der Waals surface area (Å²) in [7, 11) is 0. The topological polar surface area (TPSA) is 110 Å². The highest BCUT2D eigenvalue weighted by Gasteiger charge is 2.27. The van der Waals surface area contributed by atoms with Crippen molar-refractivity contribution in [2.45, 2.75) is 0 Å². The fourth-order valence-corrected chi connectivity index (χ4v) is 6.17. The average molecular weight is 586 g/mol. The zero-order valence-electron chi connectivity index (χ0n) is 22.0. The van der Waals surface area contributed by atoms with Crippen molar-refractivity contribution in [1.82, 2.24) is 10.3 Å². The van der Waals surface area contributed by atoms with Crippen LogP contribution in [0.3, 0.4) is 0 Å². The SMILES string of the molecule is Nc1c(C(=O)Nc2c[n+](N3CCOCC3)no2)sc2nc(-c3cccc4ccccc34)cc(-c3ccc(F)cc3F)c12. The van der Waals surface area contributed by atoms with Gasteiger partial charge in [-0.3, -0.25) is 14.6 Å². The number of halogens is 2. The van der Waals surface area contributed by atoms with E-state index < -0.39 is 17.5 Å². The van der Waals surface area contributed by atoms with Crippen LogP contribution in [0.5, 0.6) is 0 Å². The average Bonchev–Trinajstić information content (AvgIpc) is 3.61. The summed E-state index contributed by atoms with van der Waals surface area (Å²) in [6.45, 7) is 2.37. The second-order valence-electron chi connectivity index (χ2n) is 9.74. The van der Waals surface area contributed by atoms with Gasteiger partial charge in [0.1, 0.15) is 21.3 Å². The first-order valence-electron chi connectivity index (χ1n) is 13.2. The van der Waals surface area contributed by atoms with Gasteiger partial charge in [-0.1, -0.05) is 42.5 Å². The molecule has 12 heteroatoms. The molecule has 0 unspecified atom stereocenters. The second-order valence-corrected chi connectivity index (χ2v) is 10.7. The van der Waals surface area contributed by atoms with Crippen LogP contribution in [0.2, 0.25) is 0 Å². The maximum atomic E-state index is 15.2. The first kappa shape index (κ1) is 26.0. The summed E-state index contributed by atoms with van der Waals surface area (Å²) >= 11 is 1.08. The van der Waals surface area contributed by atoms with Crippen LogP contribution in [0.15, 0.2) is 77.4 Å². The number of nitrogens with zero attached hydrogens (tertiary/aromatic N) is 4. The van der Waals surface area contributed by atoms with Gasteiger partial charge in [-0.25, -0.2) is 13.8 Å². The first-order chi connectivity index (χ1) is 20.5. The number of hydrogen-bond acceptors (Lipinski definition) is 8. The van der Waals surface area contributed by atoms with E-state index in [0.29, 0.717) is 47.8 Å². The molecule has 1 saturated heterocycles. The Kier molecular flexibility index (Phi) is 6.48. The first-order valence-corrected chi connectivity index (χ1v) is 14.0. The zero-order valence-corrected chi connectivity index (χ0v) is 22.8. The molecule has 9 nitrogen and oxygen atoms in total. The van der Waals surface area contributed by atoms with Crippen molar-refractivity contribution in [3.63, 3.8) is 0 Å². The number of benzene rings is 3. The lowest BCUT2D eigenvalue weighted by atomic mass is 9.96. The van der Waals surface area contributed by atoms with Crippen LogP contribution in [0, 0.1) is 11.6 Å². The van der Waals surface area contributed by atoms with Gasteiger partial charge in [0.25, 0.3) is 12.1 Å². The fourth-order valence-electron chi connectivity index (χ4n) is 5.15. The van der Waals surface area contributed by atoms with E-state index in [0.717, 1.165) is 33.7 Å². The minimum atomic E-state index is -0.753. The molecular formula is C30H23F2N6O3S+. The number of morpholine rings is 1. The van der Waals surface area contributed by atoms with E-state index in [9.17, 15) is 9.18 Å². The van der Waals surface area contributed by atoms with E-state index in [1.165, 1.54) is 16.9 Å². The number of nitrogens with one attached hydrogen (secondary N) is 1. The molecule has 3 aromatic carbocycles. The zero-order chi connectivity index (χ0) is 28.8. The molecule has 7 rings (SSSR count). The largest absolute Gasteiger partial charge is 0.397 e. The van der Waals surface area contributed by atoms with Gasteiger partial charge in [0.05, 0.1) is 42.5 Å². The number of ether oxygens (including phenoxy) is 1. The molecule has 210 valence electrons. The van der Waals surface area contributed by atoms with Gasteiger partial charge in [0.2, 0.25) is 5.27 Å².